The van der Waals surface area contributed by atoms with Crippen molar-refractivity contribution in [3.8, 4) is 0 Å². The molecule has 0 saturated heterocycles. The van der Waals surface area contributed by atoms with E-state index in [9.17, 15) is 0 Å². The molecule has 3 nitrogen and oxygen atoms in total. The lowest BCUT2D eigenvalue weighted by Gasteiger charge is -2.04. The fourth-order valence-electron chi connectivity index (χ4n) is 1.42. The molecule has 0 aliphatic heterocycles. The van der Waals surface area contributed by atoms with Crippen LogP contribution in [-0.2, 0) is 0 Å². The van der Waals surface area contributed by atoms with Crippen molar-refractivity contribution in [3.63, 3.8) is 0 Å². The molecule has 0 amide bonds. The molecule has 0 aliphatic rings. The normalized spacial score (nSPS) is 13.4. The van der Waals surface area contributed by atoms with Gasteiger partial charge in [0.15, 0.2) is 0 Å². The van der Waals surface area contributed by atoms with Gasteiger partial charge in [0.2, 0.25) is 0 Å². The minimum atomic E-state index is -0.113. The summed E-state index contributed by atoms with van der Waals surface area (Å²) in [6, 6.07) is 5.87. The van der Waals surface area contributed by atoms with Gasteiger partial charge in [0.1, 0.15) is 0 Å². The number of hydrogen-bond acceptors (Lipinski definition) is 2. The maximum absolute atomic E-state index is 5.90. The van der Waals surface area contributed by atoms with Gasteiger partial charge in [0.25, 0.3) is 0 Å². The minimum absolute atomic E-state index is 0.113. The summed E-state index contributed by atoms with van der Waals surface area (Å²) in [6.07, 6.45) is 1.93. The zero-order valence-corrected chi connectivity index (χ0v) is 9.38. The Morgan fingerprint density at radius 2 is 2.36 bits per heavy atom. The van der Waals surface area contributed by atoms with E-state index in [1.165, 1.54) is 0 Å². The maximum atomic E-state index is 5.90. The molecule has 0 aliphatic carbocycles. The van der Waals surface area contributed by atoms with Crippen LogP contribution >= 0.6 is 15.9 Å². The van der Waals surface area contributed by atoms with Gasteiger partial charge in [0, 0.05) is 9.86 Å². The van der Waals surface area contributed by atoms with Crippen LogP contribution in [0.15, 0.2) is 22.7 Å². The number of nitrogens with two attached hydrogens (primary N) is 1. The summed E-state index contributed by atoms with van der Waals surface area (Å²) in [5.41, 5.74) is 7.81. The topological polar surface area (TPSA) is 54.7 Å². The van der Waals surface area contributed by atoms with Gasteiger partial charge in [-0.05, 0) is 24.6 Å². The summed E-state index contributed by atoms with van der Waals surface area (Å²) in [4.78, 5) is 0. The summed E-state index contributed by atoms with van der Waals surface area (Å²) < 4.78 is 1.04. The van der Waals surface area contributed by atoms with Gasteiger partial charge in [0.05, 0.1) is 17.3 Å². The molecule has 1 aromatic heterocycles. The number of aromatic nitrogens is 2. The Hall–Kier alpha value is -0.870. The lowest BCUT2D eigenvalue weighted by Crippen LogP contribution is -2.09. The molecule has 73 valence electrons. The van der Waals surface area contributed by atoms with Gasteiger partial charge < -0.3 is 5.73 Å². The van der Waals surface area contributed by atoms with E-state index in [1.54, 1.807) is 0 Å². The molecule has 1 radical (unpaired) electrons. The molecular formula is C10H11BrN3. The molecule has 0 spiro atoms. The van der Waals surface area contributed by atoms with Gasteiger partial charge in [-0.25, -0.2) is 0 Å². The van der Waals surface area contributed by atoms with Crippen LogP contribution in [0.1, 0.15) is 18.7 Å². The van der Waals surface area contributed by atoms with E-state index in [2.05, 4.69) is 26.1 Å². The number of nitrogens with one attached hydrogen (secondary N) is 1. The highest BCUT2D eigenvalue weighted by atomic mass is 79.9. The summed E-state index contributed by atoms with van der Waals surface area (Å²) in [5, 5.41) is 8.24. The fraction of sp³-hybridized carbons (Fsp3) is 0.200. The SMILES string of the molecule is C[CH]C(N)c1n[nH]c2ccc(Br)cc12. The van der Waals surface area contributed by atoms with Crippen molar-refractivity contribution in [2.45, 2.75) is 13.0 Å². The number of nitrogens with zero attached hydrogens (tertiary/aromatic N) is 1. The molecule has 3 N–H and O–H groups in total. The Kier molecular flexibility index (Phi) is 2.56. The van der Waals surface area contributed by atoms with Crippen LogP contribution in [0.2, 0.25) is 0 Å². The molecule has 0 fully saturated rings. The van der Waals surface area contributed by atoms with Crippen molar-refractivity contribution in [1.82, 2.24) is 10.2 Å². The summed E-state index contributed by atoms with van der Waals surface area (Å²) in [5.74, 6) is 0. The molecule has 4 heteroatoms. The van der Waals surface area contributed by atoms with Crippen molar-refractivity contribution in [2.24, 2.45) is 5.73 Å². The van der Waals surface area contributed by atoms with Gasteiger partial charge in [-0.1, -0.05) is 22.9 Å². The largest absolute Gasteiger partial charge is 0.322 e. The lowest BCUT2D eigenvalue weighted by molar-refractivity contribution is 0.798. The second-order valence-electron chi connectivity index (χ2n) is 3.16. The van der Waals surface area contributed by atoms with Crippen LogP contribution in [0.3, 0.4) is 0 Å². The Balaban J connectivity index is 2.61. The molecule has 1 unspecified atom stereocenters. The first-order valence-corrected chi connectivity index (χ1v) is 5.20. The van der Waals surface area contributed by atoms with Gasteiger partial charge in [-0.3, -0.25) is 5.10 Å². The Morgan fingerprint density at radius 1 is 1.57 bits per heavy atom. The van der Waals surface area contributed by atoms with E-state index in [0.717, 1.165) is 21.1 Å². The number of benzene rings is 1. The zero-order chi connectivity index (χ0) is 10.1. The number of hydrogen-bond donors (Lipinski definition) is 2. The molecule has 1 heterocycles. The number of halogens is 1. The average Bonchev–Trinajstić information content (AvgIpc) is 2.59. The first-order chi connectivity index (χ1) is 6.72. The molecule has 2 rings (SSSR count). The van der Waals surface area contributed by atoms with Crippen LogP contribution in [0.5, 0.6) is 0 Å². The molecule has 0 saturated carbocycles. The molecule has 0 bridgehead atoms. The van der Waals surface area contributed by atoms with Crippen molar-refractivity contribution < 1.29 is 0 Å². The first-order valence-electron chi connectivity index (χ1n) is 4.41. The second kappa shape index (κ2) is 3.71. The number of H-pyrrole nitrogens is 1. The highest BCUT2D eigenvalue weighted by Crippen LogP contribution is 2.24. The predicted molar refractivity (Wildman–Crippen MR) is 60.7 cm³/mol. The third kappa shape index (κ3) is 1.55. The van der Waals surface area contributed by atoms with Gasteiger partial charge in [-0.2, -0.15) is 5.10 Å². The number of rotatable bonds is 2. The quantitative estimate of drug-likeness (QED) is 0.864. The minimum Gasteiger partial charge on any atom is -0.322 e. The van der Waals surface area contributed by atoms with E-state index >= 15 is 0 Å². The van der Waals surface area contributed by atoms with E-state index < -0.39 is 0 Å². The molecular weight excluding hydrogens is 242 g/mol. The molecule has 1 aromatic carbocycles. The highest BCUT2D eigenvalue weighted by molar-refractivity contribution is 9.10. The van der Waals surface area contributed by atoms with Crippen LogP contribution in [0.4, 0.5) is 0 Å². The maximum Gasteiger partial charge on any atom is 0.0871 e. The monoisotopic (exact) mass is 252 g/mol. The van der Waals surface area contributed by atoms with E-state index in [-0.39, 0.29) is 6.04 Å². The smallest absolute Gasteiger partial charge is 0.0871 e. The first kappa shape index (κ1) is 9.68. The Labute approximate surface area is 90.8 Å². The molecule has 2 aromatic rings. The number of fused-ring (bicyclic) bond motifs is 1. The van der Waals surface area contributed by atoms with Crippen molar-refractivity contribution >= 4 is 26.8 Å². The average molecular weight is 253 g/mol. The summed E-state index contributed by atoms with van der Waals surface area (Å²) in [7, 11) is 0. The van der Waals surface area contributed by atoms with E-state index in [0.29, 0.717) is 0 Å². The van der Waals surface area contributed by atoms with Crippen LogP contribution in [0.25, 0.3) is 10.9 Å². The van der Waals surface area contributed by atoms with E-state index in [4.69, 9.17) is 5.73 Å². The summed E-state index contributed by atoms with van der Waals surface area (Å²) in [6.45, 7) is 1.93. The predicted octanol–water partition coefficient (Wildman–Crippen LogP) is 2.55. The van der Waals surface area contributed by atoms with Crippen LogP contribution in [-0.4, -0.2) is 10.2 Å². The van der Waals surface area contributed by atoms with Crippen LogP contribution < -0.4 is 5.73 Å². The molecule has 1 atom stereocenters. The standard InChI is InChI=1S/C10H11BrN3/c1-2-8(12)10-7-5-6(11)3-4-9(7)13-14-10/h2-5,8H,12H2,1H3,(H,13,14). The third-order valence-electron chi connectivity index (χ3n) is 2.23. The Morgan fingerprint density at radius 3 is 3.07 bits per heavy atom. The third-order valence-corrected chi connectivity index (χ3v) is 2.72. The van der Waals surface area contributed by atoms with Crippen LogP contribution in [0, 0.1) is 6.42 Å². The highest BCUT2D eigenvalue weighted by Gasteiger charge is 2.11. The van der Waals surface area contributed by atoms with Gasteiger partial charge in [-0.15, -0.1) is 0 Å². The van der Waals surface area contributed by atoms with Crippen molar-refractivity contribution in [3.05, 3.63) is 34.8 Å². The fourth-order valence-corrected chi connectivity index (χ4v) is 1.78. The molecule has 14 heavy (non-hydrogen) atoms. The van der Waals surface area contributed by atoms with Crippen molar-refractivity contribution in [2.75, 3.05) is 0 Å². The zero-order valence-electron chi connectivity index (χ0n) is 7.79. The number of aromatic amines is 1. The van der Waals surface area contributed by atoms with E-state index in [1.807, 2.05) is 31.5 Å². The Bertz CT molecular complexity index is 450. The second-order valence-corrected chi connectivity index (χ2v) is 4.07. The summed E-state index contributed by atoms with van der Waals surface area (Å²) >= 11 is 3.43. The lowest BCUT2D eigenvalue weighted by atomic mass is 10.1. The van der Waals surface area contributed by atoms with Crippen molar-refractivity contribution in [1.29, 1.82) is 0 Å². The van der Waals surface area contributed by atoms with Gasteiger partial charge >= 0.3 is 0 Å².